The molecule has 108 valence electrons. The fraction of sp³-hybridized carbons (Fsp3) is 0.733. The molecule has 2 heterocycles. The van der Waals surface area contributed by atoms with E-state index in [-0.39, 0.29) is 0 Å². The standard InChI is InChI=1S/C15H26N2O2/c1-3-16-10-15-13(7-9-19-15)11-17(4-2)12-14-6-5-8-18-14/h7,9,14,16H,3-6,8,10-12H2,1-2H3. The Hall–Kier alpha value is -0.840. The van der Waals surface area contributed by atoms with E-state index in [4.69, 9.17) is 9.15 Å². The second-order valence-corrected chi connectivity index (χ2v) is 5.11. The van der Waals surface area contributed by atoms with E-state index in [1.807, 2.05) is 0 Å². The zero-order valence-corrected chi connectivity index (χ0v) is 12.2. The Morgan fingerprint density at radius 3 is 3.00 bits per heavy atom. The molecule has 1 aromatic heterocycles. The minimum atomic E-state index is 0.420. The Kier molecular flexibility index (Phi) is 5.89. The van der Waals surface area contributed by atoms with Crippen LogP contribution in [0.2, 0.25) is 0 Å². The molecule has 0 aliphatic carbocycles. The summed E-state index contributed by atoms with van der Waals surface area (Å²) >= 11 is 0. The molecule has 1 N–H and O–H groups in total. The summed E-state index contributed by atoms with van der Waals surface area (Å²) in [5.74, 6) is 1.06. The average molecular weight is 266 g/mol. The lowest BCUT2D eigenvalue weighted by atomic mass is 10.2. The van der Waals surface area contributed by atoms with Crippen LogP contribution < -0.4 is 5.32 Å². The number of rotatable bonds is 8. The van der Waals surface area contributed by atoms with Gasteiger partial charge in [0.15, 0.2) is 0 Å². The van der Waals surface area contributed by atoms with Gasteiger partial charge in [0, 0.05) is 25.3 Å². The topological polar surface area (TPSA) is 37.6 Å². The van der Waals surface area contributed by atoms with Crippen LogP contribution >= 0.6 is 0 Å². The zero-order chi connectivity index (χ0) is 13.5. The monoisotopic (exact) mass is 266 g/mol. The Morgan fingerprint density at radius 2 is 2.32 bits per heavy atom. The van der Waals surface area contributed by atoms with Crippen LogP contribution in [0.4, 0.5) is 0 Å². The number of hydrogen-bond donors (Lipinski definition) is 1. The SMILES string of the molecule is CCNCc1occc1CN(CC)CC1CCCO1. The zero-order valence-electron chi connectivity index (χ0n) is 12.2. The van der Waals surface area contributed by atoms with Crippen LogP contribution in [-0.2, 0) is 17.8 Å². The third-order valence-corrected chi connectivity index (χ3v) is 3.70. The number of furan rings is 1. The maximum atomic E-state index is 5.72. The molecule has 1 saturated heterocycles. The van der Waals surface area contributed by atoms with Gasteiger partial charge in [-0.25, -0.2) is 0 Å². The van der Waals surface area contributed by atoms with E-state index in [0.717, 1.165) is 45.1 Å². The molecule has 4 nitrogen and oxygen atoms in total. The van der Waals surface area contributed by atoms with E-state index in [0.29, 0.717) is 6.10 Å². The molecule has 1 unspecified atom stereocenters. The summed E-state index contributed by atoms with van der Waals surface area (Å²) in [6, 6.07) is 2.09. The lowest BCUT2D eigenvalue weighted by molar-refractivity contribution is 0.0723. The van der Waals surface area contributed by atoms with Crippen molar-refractivity contribution >= 4 is 0 Å². The molecule has 0 spiro atoms. The van der Waals surface area contributed by atoms with Crippen LogP contribution in [0.5, 0.6) is 0 Å². The molecule has 2 rings (SSSR count). The summed E-state index contributed by atoms with van der Waals surface area (Å²) in [5.41, 5.74) is 1.29. The normalized spacial score (nSPS) is 19.4. The van der Waals surface area contributed by atoms with Gasteiger partial charge in [-0.3, -0.25) is 4.90 Å². The predicted octanol–water partition coefficient (Wildman–Crippen LogP) is 2.39. The third kappa shape index (κ3) is 4.34. The minimum absolute atomic E-state index is 0.420. The van der Waals surface area contributed by atoms with E-state index >= 15 is 0 Å². The summed E-state index contributed by atoms with van der Waals surface area (Å²) in [6.45, 7) is 10.1. The van der Waals surface area contributed by atoms with Crippen LogP contribution in [0, 0.1) is 0 Å². The number of likely N-dealkylation sites (N-methyl/N-ethyl adjacent to an activating group) is 1. The minimum Gasteiger partial charge on any atom is -0.468 e. The van der Waals surface area contributed by atoms with Crippen molar-refractivity contribution in [3.05, 3.63) is 23.7 Å². The van der Waals surface area contributed by atoms with Gasteiger partial charge in [0.1, 0.15) is 5.76 Å². The summed E-state index contributed by atoms with van der Waals surface area (Å²) < 4.78 is 11.3. The average Bonchev–Trinajstić information content (AvgIpc) is 3.07. The highest BCUT2D eigenvalue weighted by molar-refractivity contribution is 5.16. The van der Waals surface area contributed by atoms with Crippen molar-refractivity contribution in [2.75, 3.05) is 26.2 Å². The molecule has 19 heavy (non-hydrogen) atoms. The van der Waals surface area contributed by atoms with Gasteiger partial charge in [-0.05, 0) is 32.0 Å². The molecule has 1 aliphatic rings. The van der Waals surface area contributed by atoms with Crippen LogP contribution in [0.3, 0.4) is 0 Å². The van der Waals surface area contributed by atoms with Crippen LogP contribution in [0.25, 0.3) is 0 Å². The predicted molar refractivity (Wildman–Crippen MR) is 76.0 cm³/mol. The van der Waals surface area contributed by atoms with Crippen molar-refractivity contribution in [2.45, 2.75) is 45.9 Å². The number of ether oxygens (including phenoxy) is 1. The smallest absolute Gasteiger partial charge is 0.122 e. The maximum Gasteiger partial charge on any atom is 0.122 e. The molecule has 1 aliphatic heterocycles. The van der Waals surface area contributed by atoms with Crippen LogP contribution in [0.1, 0.15) is 38.0 Å². The van der Waals surface area contributed by atoms with Gasteiger partial charge in [0.05, 0.1) is 18.9 Å². The summed E-state index contributed by atoms with van der Waals surface area (Å²) in [5, 5.41) is 3.32. The molecular weight excluding hydrogens is 240 g/mol. The lowest BCUT2D eigenvalue weighted by Crippen LogP contribution is -2.32. The van der Waals surface area contributed by atoms with Crippen molar-refractivity contribution in [3.63, 3.8) is 0 Å². The maximum absolute atomic E-state index is 5.72. The molecule has 1 aromatic rings. The Bertz CT molecular complexity index is 359. The van der Waals surface area contributed by atoms with Crippen molar-refractivity contribution < 1.29 is 9.15 Å². The van der Waals surface area contributed by atoms with Crippen molar-refractivity contribution in [2.24, 2.45) is 0 Å². The van der Waals surface area contributed by atoms with E-state index in [2.05, 4.69) is 30.1 Å². The van der Waals surface area contributed by atoms with Gasteiger partial charge >= 0.3 is 0 Å². The highest BCUT2D eigenvalue weighted by atomic mass is 16.5. The molecule has 0 bridgehead atoms. The molecule has 1 fully saturated rings. The Balaban J connectivity index is 1.87. The Labute approximate surface area is 116 Å². The first kappa shape index (κ1) is 14.6. The summed E-state index contributed by atoms with van der Waals surface area (Å²) in [7, 11) is 0. The van der Waals surface area contributed by atoms with Crippen LogP contribution in [0.15, 0.2) is 16.7 Å². The first-order valence-electron chi connectivity index (χ1n) is 7.43. The molecule has 0 radical (unpaired) electrons. The van der Waals surface area contributed by atoms with Gasteiger partial charge in [0.2, 0.25) is 0 Å². The van der Waals surface area contributed by atoms with E-state index in [1.54, 1.807) is 6.26 Å². The molecular formula is C15H26N2O2. The third-order valence-electron chi connectivity index (χ3n) is 3.70. The van der Waals surface area contributed by atoms with E-state index in [9.17, 15) is 0 Å². The van der Waals surface area contributed by atoms with Gasteiger partial charge < -0.3 is 14.5 Å². The lowest BCUT2D eigenvalue weighted by Gasteiger charge is -2.23. The first-order valence-corrected chi connectivity index (χ1v) is 7.43. The highest BCUT2D eigenvalue weighted by Gasteiger charge is 2.19. The van der Waals surface area contributed by atoms with Crippen LogP contribution in [-0.4, -0.2) is 37.2 Å². The first-order chi connectivity index (χ1) is 9.33. The molecule has 0 aromatic carbocycles. The second-order valence-electron chi connectivity index (χ2n) is 5.11. The summed E-state index contributed by atoms with van der Waals surface area (Å²) in [6.07, 6.45) is 4.62. The van der Waals surface area contributed by atoms with Gasteiger partial charge in [0.25, 0.3) is 0 Å². The largest absolute Gasteiger partial charge is 0.468 e. The van der Waals surface area contributed by atoms with Gasteiger partial charge in [-0.1, -0.05) is 13.8 Å². The Morgan fingerprint density at radius 1 is 1.42 bits per heavy atom. The van der Waals surface area contributed by atoms with Crippen molar-refractivity contribution in [1.29, 1.82) is 0 Å². The molecule has 0 amide bonds. The number of nitrogens with one attached hydrogen (secondary N) is 1. The molecule has 0 saturated carbocycles. The quantitative estimate of drug-likeness (QED) is 0.784. The van der Waals surface area contributed by atoms with Gasteiger partial charge in [-0.15, -0.1) is 0 Å². The van der Waals surface area contributed by atoms with Crippen molar-refractivity contribution in [1.82, 2.24) is 10.2 Å². The summed E-state index contributed by atoms with van der Waals surface area (Å²) in [4.78, 5) is 2.44. The number of hydrogen-bond acceptors (Lipinski definition) is 4. The molecule has 1 atom stereocenters. The highest BCUT2D eigenvalue weighted by Crippen LogP contribution is 2.17. The fourth-order valence-electron chi connectivity index (χ4n) is 2.52. The van der Waals surface area contributed by atoms with E-state index < -0.39 is 0 Å². The fourth-order valence-corrected chi connectivity index (χ4v) is 2.52. The van der Waals surface area contributed by atoms with Crippen molar-refractivity contribution in [3.8, 4) is 0 Å². The van der Waals surface area contributed by atoms with Gasteiger partial charge in [-0.2, -0.15) is 0 Å². The second kappa shape index (κ2) is 7.68. The number of nitrogens with zero attached hydrogens (tertiary/aromatic N) is 1. The molecule has 4 heteroatoms. The van der Waals surface area contributed by atoms with E-state index in [1.165, 1.54) is 18.4 Å².